The van der Waals surface area contributed by atoms with Gasteiger partial charge in [0, 0.05) is 16.6 Å². The van der Waals surface area contributed by atoms with E-state index in [9.17, 15) is 4.39 Å². The summed E-state index contributed by atoms with van der Waals surface area (Å²) < 4.78 is 20.5. The third kappa shape index (κ3) is 2.99. The van der Waals surface area contributed by atoms with Gasteiger partial charge in [0.25, 0.3) is 0 Å². The lowest BCUT2D eigenvalue weighted by molar-refractivity contribution is 0.246. The number of halogens is 3. The minimum Gasteiger partial charge on any atom is -0.488 e. The highest BCUT2D eigenvalue weighted by atomic mass is 79.9. The standard InChI is InChI=1S/C15H12Br2FNO/c16-10-1-4-15-9(5-10)6-12(20-15)8-19-11-2-3-14(18)13(17)7-11/h1-5,7,12,19H,6,8H2. The van der Waals surface area contributed by atoms with E-state index in [2.05, 4.69) is 43.2 Å². The molecule has 1 aliphatic rings. The smallest absolute Gasteiger partial charge is 0.137 e. The Bertz CT molecular complexity index is 648. The lowest BCUT2D eigenvalue weighted by Gasteiger charge is -2.13. The van der Waals surface area contributed by atoms with Crippen LogP contribution in [-0.2, 0) is 6.42 Å². The van der Waals surface area contributed by atoms with E-state index in [1.54, 1.807) is 12.1 Å². The fourth-order valence-electron chi connectivity index (χ4n) is 2.24. The van der Waals surface area contributed by atoms with Crippen molar-refractivity contribution in [3.63, 3.8) is 0 Å². The van der Waals surface area contributed by atoms with Crippen LogP contribution in [0.1, 0.15) is 5.56 Å². The van der Waals surface area contributed by atoms with Crippen molar-refractivity contribution < 1.29 is 9.13 Å². The number of fused-ring (bicyclic) bond motifs is 1. The number of benzene rings is 2. The molecule has 1 heterocycles. The van der Waals surface area contributed by atoms with Gasteiger partial charge in [-0.2, -0.15) is 0 Å². The minimum atomic E-state index is -0.259. The van der Waals surface area contributed by atoms with Crippen LogP contribution in [0.5, 0.6) is 5.75 Å². The van der Waals surface area contributed by atoms with E-state index in [0.29, 0.717) is 11.0 Å². The Morgan fingerprint density at radius 2 is 2.05 bits per heavy atom. The Hall–Kier alpha value is -1.07. The van der Waals surface area contributed by atoms with Crippen molar-refractivity contribution >= 4 is 37.5 Å². The lowest BCUT2D eigenvalue weighted by atomic mass is 10.1. The van der Waals surface area contributed by atoms with Gasteiger partial charge in [-0.1, -0.05) is 15.9 Å². The molecule has 1 N–H and O–H groups in total. The van der Waals surface area contributed by atoms with E-state index in [-0.39, 0.29) is 11.9 Å². The molecule has 0 saturated heterocycles. The highest BCUT2D eigenvalue weighted by Crippen LogP contribution is 2.31. The first-order chi connectivity index (χ1) is 9.61. The van der Waals surface area contributed by atoms with Gasteiger partial charge in [-0.3, -0.25) is 0 Å². The van der Waals surface area contributed by atoms with Crippen LogP contribution in [0.4, 0.5) is 10.1 Å². The summed E-state index contributed by atoms with van der Waals surface area (Å²) in [5.74, 6) is 0.685. The van der Waals surface area contributed by atoms with Crippen molar-refractivity contribution in [2.75, 3.05) is 11.9 Å². The van der Waals surface area contributed by atoms with Crippen LogP contribution in [0.3, 0.4) is 0 Å². The van der Waals surface area contributed by atoms with E-state index in [4.69, 9.17) is 4.74 Å². The summed E-state index contributed by atoms with van der Waals surface area (Å²) in [7, 11) is 0. The first-order valence-corrected chi connectivity index (χ1v) is 7.84. The van der Waals surface area contributed by atoms with Gasteiger partial charge >= 0.3 is 0 Å². The molecular formula is C15H12Br2FNO. The molecule has 3 rings (SSSR count). The van der Waals surface area contributed by atoms with Gasteiger partial charge in [-0.25, -0.2) is 4.39 Å². The molecular weight excluding hydrogens is 389 g/mol. The van der Waals surface area contributed by atoms with Gasteiger partial charge in [0.05, 0.1) is 11.0 Å². The van der Waals surface area contributed by atoms with Crippen molar-refractivity contribution in [1.82, 2.24) is 0 Å². The molecule has 104 valence electrons. The summed E-state index contributed by atoms with van der Waals surface area (Å²) in [5.41, 5.74) is 2.09. The maximum Gasteiger partial charge on any atom is 0.137 e. The third-order valence-electron chi connectivity index (χ3n) is 3.22. The summed E-state index contributed by atoms with van der Waals surface area (Å²) in [4.78, 5) is 0. The fraction of sp³-hybridized carbons (Fsp3) is 0.200. The Balaban J connectivity index is 1.62. The normalized spacial score (nSPS) is 16.6. The molecule has 1 atom stereocenters. The summed E-state index contributed by atoms with van der Waals surface area (Å²) in [6.07, 6.45) is 0.979. The van der Waals surface area contributed by atoms with Gasteiger partial charge in [-0.05, 0) is 57.9 Å². The predicted molar refractivity (Wildman–Crippen MR) is 84.9 cm³/mol. The van der Waals surface area contributed by atoms with Gasteiger partial charge in [0.15, 0.2) is 0 Å². The molecule has 0 radical (unpaired) electrons. The molecule has 5 heteroatoms. The summed E-state index contributed by atoms with van der Waals surface area (Å²) >= 11 is 6.64. The highest BCUT2D eigenvalue weighted by Gasteiger charge is 2.22. The minimum absolute atomic E-state index is 0.100. The van der Waals surface area contributed by atoms with Crippen LogP contribution in [0, 0.1) is 5.82 Å². The SMILES string of the molecule is Fc1ccc(NCC2Cc3cc(Br)ccc3O2)cc1Br. The molecule has 0 fully saturated rings. The van der Waals surface area contributed by atoms with E-state index in [1.165, 1.54) is 11.6 Å². The average molecular weight is 401 g/mol. The summed E-state index contributed by atoms with van der Waals surface area (Å²) in [6, 6.07) is 10.9. The Kier molecular flexibility index (Phi) is 3.98. The molecule has 1 unspecified atom stereocenters. The maximum atomic E-state index is 13.2. The quantitative estimate of drug-likeness (QED) is 0.801. The van der Waals surface area contributed by atoms with E-state index in [0.717, 1.165) is 22.3 Å². The summed E-state index contributed by atoms with van der Waals surface area (Å²) in [5, 5.41) is 3.27. The molecule has 0 bridgehead atoms. The summed E-state index contributed by atoms with van der Waals surface area (Å²) in [6.45, 7) is 0.685. The second kappa shape index (κ2) is 5.74. The zero-order valence-electron chi connectivity index (χ0n) is 10.5. The van der Waals surface area contributed by atoms with Crippen LogP contribution >= 0.6 is 31.9 Å². The second-order valence-electron chi connectivity index (χ2n) is 4.71. The van der Waals surface area contributed by atoms with E-state index >= 15 is 0 Å². The average Bonchev–Trinajstić information content (AvgIpc) is 2.82. The lowest BCUT2D eigenvalue weighted by Crippen LogP contribution is -2.23. The second-order valence-corrected chi connectivity index (χ2v) is 6.48. The van der Waals surface area contributed by atoms with Crippen molar-refractivity contribution in [3.05, 3.63) is 56.7 Å². The molecule has 20 heavy (non-hydrogen) atoms. The van der Waals surface area contributed by atoms with Gasteiger partial charge < -0.3 is 10.1 Å². The van der Waals surface area contributed by atoms with Crippen LogP contribution in [-0.4, -0.2) is 12.6 Å². The fourth-order valence-corrected chi connectivity index (χ4v) is 3.03. The number of hydrogen-bond acceptors (Lipinski definition) is 2. The van der Waals surface area contributed by atoms with Crippen molar-refractivity contribution in [2.45, 2.75) is 12.5 Å². The van der Waals surface area contributed by atoms with Crippen molar-refractivity contribution in [1.29, 1.82) is 0 Å². The van der Waals surface area contributed by atoms with Gasteiger partial charge in [0.1, 0.15) is 17.7 Å². The van der Waals surface area contributed by atoms with Crippen LogP contribution in [0.2, 0.25) is 0 Å². The molecule has 0 amide bonds. The molecule has 1 aliphatic heterocycles. The monoisotopic (exact) mass is 399 g/mol. The highest BCUT2D eigenvalue weighted by molar-refractivity contribution is 9.10. The molecule has 0 aromatic heterocycles. The predicted octanol–water partition coefficient (Wildman–Crippen LogP) is 4.77. The van der Waals surface area contributed by atoms with Gasteiger partial charge in [0.2, 0.25) is 0 Å². The van der Waals surface area contributed by atoms with Gasteiger partial charge in [-0.15, -0.1) is 0 Å². The Morgan fingerprint density at radius 3 is 2.85 bits per heavy atom. The first kappa shape index (κ1) is 13.9. The number of rotatable bonds is 3. The van der Waals surface area contributed by atoms with Crippen LogP contribution < -0.4 is 10.1 Å². The maximum absolute atomic E-state index is 13.2. The third-order valence-corrected chi connectivity index (χ3v) is 4.32. The van der Waals surface area contributed by atoms with Crippen LogP contribution in [0.25, 0.3) is 0 Å². The number of anilines is 1. The number of hydrogen-bond donors (Lipinski definition) is 1. The molecule has 0 spiro atoms. The van der Waals surface area contributed by atoms with E-state index in [1.807, 2.05) is 12.1 Å². The molecule has 2 aromatic carbocycles. The largest absolute Gasteiger partial charge is 0.488 e. The zero-order valence-corrected chi connectivity index (χ0v) is 13.7. The molecule has 0 aliphatic carbocycles. The molecule has 2 aromatic rings. The zero-order chi connectivity index (χ0) is 14.1. The Labute approximate surface area is 133 Å². The Morgan fingerprint density at radius 1 is 1.20 bits per heavy atom. The number of ether oxygens (including phenoxy) is 1. The number of nitrogens with one attached hydrogen (secondary N) is 1. The molecule has 0 saturated carbocycles. The first-order valence-electron chi connectivity index (χ1n) is 6.26. The topological polar surface area (TPSA) is 21.3 Å². The van der Waals surface area contributed by atoms with Crippen LogP contribution in [0.15, 0.2) is 45.3 Å². The van der Waals surface area contributed by atoms with E-state index < -0.39 is 0 Å². The van der Waals surface area contributed by atoms with Crippen molar-refractivity contribution in [2.24, 2.45) is 0 Å². The molecule has 2 nitrogen and oxygen atoms in total. The van der Waals surface area contributed by atoms with Crippen molar-refractivity contribution in [3.8, 4) is 5.75 Å².